The normalized spacial score (nSPS) is 16.6. The third-order valence-electron chi connectivity index (χ3n) is 2.54. The summed E-state index contributed by atoms with van der Waals surface area (Å²) < 4.78 is 51.0. The van der Waals surface area contributed by atoms with Gasteiger partial charge in [0.05, 0.1) is 24.2 Å². The van der Waals surface area contributed by atoms with Crippen LogP contribution in [0.25, 0.3) is 0 Å². The van der Waals surface area contributed by atoms with Crippen molar-refractivity contribution in [1.82, 2.24) is 0 Å². The fourth-order valence-corrected chi connectivity index (χ4v) is 1.77. The van der Waals surface area contributed by atoms with Crippen LogP contribution in [0.3, 0.4) is 0 Å². The van der Waals surface area contributed by atoms with Gasteiger partial charge >= 0.3 is 6.18 Å². The molecule has 0 aromatic heterocycles. The van der Waals surface area contributed by atoms with Crippen molar-refractivity contribution in [1.29, 1.82) is 0 Å². The molecule has 0 unspecified atom stereocenters. The largest absolute Gasteiger partial charge is 0.418 e. The first-order valence-corrected chi connectivity index (χ1v) is 4.98. The van der Waals surface area contributed by atoms with Gasteiger partial charge in [-0.1, -0.05) is 0 Å². The van der Waals surface area contributed by atoms with Gasteiger partial charge < -0.3 is 4.90 Å². The molecule has 1 fully saturated rings. The SMILES string of the molecule is O=C1CC(=O)N(c2ccc(F)cc2C(F)(F)F)C1. The summed E-state index contributed by atoms with van der Waals surface area (Å²) in [6, 6.07) is 1.99. The molecule has 1 aromatic carbocycles. The molecule has 0 atom stereocenters. The Morgan fingerprint density at radius 3 is 2.33 bits per heavy atom. The summed E-state index contributed by atoms with van der Waals surface area (Å²) in [5.74, 6) is -2.22. The molecule has 3 nitrogen and oxygen atoms in total. The van der Waals surface area contributed by atoms with Crippen molar-refractivity contribution in [2.75, 3.05) is 11.4 Å². The Balaban J connectivity index is 2.51. The van der Waals surface area contributed by atoms with Crippen LogP contribution in [0.15, 0.2) is 18.2 Å². The van der Waals surface area contributed by atoms with Gasteiger partial charge in [-0.15, -0.1) is 0 Å². The number of ketones is 1. The number of hydrogen-bond donors (Lipinski definition) is 0. The molecule has 1 aliphatic rings. The zero-order valence-electron chi connectivity index (χ0n) is 8.92. The van der Waals surface area contributed by atoms with Gasteiger partial charge in [0.2, 0.25) is 5.91 Å². The van der Waals surface area contributed by atoms with Gasteiger partial charge in [-0.3, -0.25) is 9.59 Å². The predicted molar refractivity (Wildman–Crippen MR) is 53.4 cm³/mol. The lowest BCUT2D eigenvalue weighted by molar-refractivity contribution is -0.137. The Morgan fingerprint density at radius 1 is 1.17 bits per heavy atom. The lowest BCUT2D eigenvalue weighted by Gasteiger charge is -2.20. The van der Waals surface area contributed by atoms with E-state index in [1.54, 1.807) is 0 Å². The van der Waals surface area contributed by atoms with E-state index in [9.17, 15) is 27.2 Å². The maximum atomic E-state index is 12.9. The highest BCUT2D eigenvalue weighted by Gasteiger charge is 2.39. The van der Waals surface area contributed by atoms with Crippen LogP contribution in [-0.4, -0.2) is 18.2 Å². The molecule has 18 heavy (non-hydrogen) atoms. The average Bonchev–Trinajstić information content (AvgIpc) is 2.56. The molecule has 96 valence electrons. The Morgan fingerprint density at radius 2 is 1.83 bits per heavy atom. The lowest BCUT2D eigenvalue weighted by Crippen LogP contribution is -2.27. The van der Waals surface area contributed by atoms with Gasteiger partial charge in [0.1, 0.15) is 5.82 Å². The lowest BCUT2D eigenvalue weighted by atomic mass is 10.1. The maximum absolute atomic E-state index is 12.9. The van der Waals surface area contributed by atoms with Crippen LogP contribution < -0.4 is 4.90 Å². The third-order valence-corrected chi connectivity index (χ3v) is 2.54. The molecule has 1 amide bonds. The Hall–Kier alpha value is -1.92. The van der Waals surface area contributed by atoms with Crippen LogP contribution in [0.4, 0.5) is 23.2 Å². The second-order valence-corrected chi connectivity index (χ2v) is 3.85. The molecule has 1 aromatic rings. The summed E-state index contributed by atoms with van der Waals surface area (Å²) in [7, 11) is 0. The van der Waals surface area contributed by atoms with Crippen LogP contribution in [0.2, 0.25) is 0 Å². The number of benzene rings is 1. The Bertz CT molecular complexity index is 524. The summed E-state index contributed by atoms with van der Waals surface area (Å²) >= 11 is 0. The first-order chi connectivity index (χ1) is 8.29. The molecular weight excluding hydrogens is 254 g/mol. The van der Waals surface area contributed by atoms with Crippen molar-refractivity contribution in [3.05, 3.63) is 29.6 Å². The molecule has 1 saturated heterocycles. The van der Waals surface area contributed by atoms with Crippen LogP contribution in [0.1, 0.15) is 12.0 Å². The highest BCUT2D eigenvalue weighted by molar-refractivity contribution is 6.15. The van der Waals surface area contributed by atoms with Crippen LogP contribution in [0, 0.1) is 5.82 Å². The molecule has 2 rings (SSSR count). The molecule has 7 heteroatoms. The van der Waals surface area contributed by atoms with Crippen molar-refractivity contribution in [2.24, 2.45) is 0 Å². The van der Waals surface area contributed by atoms with E-state index in [0.717, 1.165) is 17.0 Å². The summed E-state index contributed by atoms with van der Waals surface area (Å²) in [6.45, 7) is -0.409. The van der Waals surface area contributed by atoms with Gasteiger partial charge in [-0.2, -0.15) is 13.2 Å². The van der Waals surface area contributed by atoms with E-state index < -0.39 is 47.9 Å². The monoisotopic (exact) mass is 261 g/mol. The summed E-state index contributed by atoms with van der Waals surface area (Å²) in [4.78, 5) is 23.2. The summed E-state index contributed by atoms with van der Waals surface area (Å²) in [5, 5.41) is 0. The first kappa shape index (κ1) is 12.5. The number of amides is 1. The van der Waals surface area contributed by atoms with E-state index in [4.69, 9.17) is 0 Å². The standard InChI is InChI=1S/C11H7F4NO2/c12-6-1-2-9(8(3-6)11(13,14)15)16-5-7(17)4-10(16)18/h1-3H,4-5H2. The second kappa shape index (κ2) is 4.08. The van der Waals surface area contributed by atoms with E-state index in [-0.39, 0.29) is 0 Å². The zero-order chi connectivity index (χ0) is 13.5. The number of halogens is 4. The number of anilines is 1. The van der Waals surface area contributed by atoms with Crippen molar-refractivity contribution in [2.45, 2.75) is 12.6 Å². The topological polar surface area (TPSA) is 37.4 Å². The summed E-state index contributed by atoms with van der Waals surface area (Å²) in [5.41, 5.74) is -1.75. The van der Waals surface area contributed by atoms with Gasteiger partial charge in [-0.05, 0) is 18.2 Å². The molecule has 1 heterocycles. The molecule has 0 bridgehead atoms. The zero-order valence-corrected chi connectivity index (χ0v) is 8.92. The minimum Gasteiger partial charge on any atom is -0.304 e. The second-order valence-electron chi connectivity index (χ2n) is 3.85. The van der Waals surface area contributed by atoms with Crippen molar-refractivity contribution in [3.63, 3.8) is 0 Å². The number of carbonyl (C=O) groups excluding carboxylic acids is 2. The Labute approximate surface area is 99.0 Å². The average molecular weight is 261 g/mol. The van der Waals surface area contributed by atoms with E-state index in [0.29, 0.717) is 6.07 Å². The van der Waals surface area contributed by atoms with Crippen molar-refractivity contribution < 1.29 is 27.2 Å². The fraction of sp³-hybridized carbons (Fsp3) is 0.273. The highest BCUT2D eigenvalue weighted by Crippen LogP contribution is 2.38. The number of hydrogen-bond acceptors (Lipinski definition) is 2. The molecule has 0 spiro atoms. The number of nitrogens with zero attached hydrogens (tertiary/aromatic N) is 1. The van der Waals surface area contributed by atoms with Gasteiger partial charge in [0.15, 0.2) is 5.78 Å². The van der Waals surface area contributed by atoms with Crippen molar-refractivity contribution >= 4 is 17.4 Å². The number of carbonyl (C=O) groups is 2. The number of alkyl halides is 3. The Kier molecular flexibility index (Phi) is 2.84. The molecule has 0 saturated carbocycles. The number of rotatable bonds is 1. The highest BCUT2D eigenvalue weighted by atomic mass is 19.4. The van der Waals surface area contributed by atoms with Gasteiger partial charge in [0.25, 0.3) is 0 Å². The first-order valence-electron chi connectivity index (χ1n) is 4.98. The van der Waals surface area contributed by atoms with E-state index >= 15 is 0 Å². The summed E-state index contributed by atoms with van der Waals surface area (Å²) in [6.07, 6.45) is -5.21. The molecule has 0 aliphatic carbocycles. The van der Waals surface area contributed by atoms with E-state index in [1.165, 1.54) is 0 Å². The smallest absolute Gasteiger partial charge is 0.304 e. The molecule has 1 aliphatic heterocycles. The molecule has 0 N–H and O–H groups in total. The van der Waals surface area contributed by atoms with Gasteiger partial charge in [0, 0.05) is 0 Å². The number of Topliss-reactive ketones (excluding diaryl/α,β-unsaturated/α-hetero) is 1. The third kappa shape index (κ3) is 2.20. The van der Waals surface area contributed by atoms with Gasteiger partial charge in [-0.25, -0.2) is 4.39 Å². The maximum Gasteiger partial charge on any atom is 0.418 e. The van der Waals surface area contributed by atoms with Crippen LogP contribution >= 0.6 is 0 Å². The minimum atomic E-state index is -4.79. The van der Waals surface area contributed by atoms with Crippen molar-refractivity contribution in [3.8, 4) is 0 Å². The minimum absolute atomic E-state index is 0.311. The molecule has 0 radical (unpaired) electrons. The van der Waals surface area contributed by atoms with Crippen LogP contribution in [0.5, 0.6) is 0 Å². The van der Waals surface area contributed by atoms with Crippen LogP contribution in [-0.2, 0) is 15.8 Å². The van der Waals surface area contributed by atoms with E-state index in [2.05, 4.69) is 0 Å². The fourth-order valence-electron chi connectivity index (χ4n) is 1.77. The molecular formula is C11H7F4NO2. The van der Waals surface area contributed by atoms with E-state index in [1.807, 2.05) is 0 Å². The predicted octanol–water partition coefficient (Wildman–Crippen LogP) is 2.15. The quantitative estimate of drug-likeness (QED) is 0.573.